The van der Waals surface area contributed by atoms with Crippen LogP contribution in [0.5, 0.6) is 11.5 Å². The number of hydrogen-bond donors (Lipinski definition) is 0. The van der Waals surface area contributed by atoms with Crippen molar-refractivity contribution in [3.63, 3.8) is 0 Å². The second-order valence-corrected chi connectivity index (χ2v) is 23.1. The number of benzene rings is 2. The quantitative estimate of drug-likeness (QED) is 0.110. The third-order valence-electron chi connectivity index (χ3n) is 12.5. The maximum absolute atomic E-state index is 14.2. The first kappa shape index (κ1) is 48.4. The minimum Gasteiger partial charge on any atom is -0.495 e. The van der Waals surface area contributed by atoms with E-state index in [1.165, 1.54) is 46.9 Å². The van der Waals surface area contributed by atoms with Gasteiger partial charge in [0.05, 0.1) is 78.0 Å². The number of ketones is 2. The van der Waals surface area contributed by atoms with E-state index in [0.29, 0.717) is 21.3 Å². The van der Waals surface area contributed by atoms with Gasteiger partial charge in [-0.25, -0.2) is 19.9 Å². The van der Waals surface area contributed by atoms with E-state index < -0.39 is 16.3 Å². The monoisotopic (exact) mass is 1070 g/mol. The van der Waals surface area contributed by atoms with E-state index in [1.807, 2.05) is 48.6 Å². The van der Waals surface area contributed by atoms with Gasteiger partial charge in [-0.1, -0.05) is 0 Å². The van der Waals surface area contributed by atoms with Gasteiger partial charge in [0.25, 0.3) is 0 Å². The molecule has 0 bridgehead atoms. The first-order valence-electron chi connectivity index (χ1n) is 22.0. The smallest absolute Gasteiger partial charge is 0.214 e. The lowest BCUT2D eigenvalue weighted by Crippen LogP contribution is -2.14. The lowest BCUT2D eigenvalue weighted by atomic mass is 10.0. The van der Waals surface area contributed by atoms with Crippen LogP contribution in [0.15, 0.2) is 75.7 Å². The Hall–Kier alpha value is -9.91. The topological polar surface area (TPSA) is 294 Å². The molecule has 0 N–H and O–H groups in total. The molecule has 3 aliphatic rings. The van der Waals surface area contributed by atoms with E-state index in [2.05, 4.69) is 45.9 Å². The molecule has 16 nitrogen and oxygen atoms in total. The number of rotatable bonds is 6. The van der Waals surface area contributed by atoms with Gasteiger partial charge in [-0.2, -0.15) is 42.1 Å². The Morgan fingerprint density at radius 3 is 1.26 bits per heavy atom. The largest absolute Gasteiger partial charge is 0.495 e. The summed E-state index contributed by atoms with van der Waals surface area (Å²) < 4.78 is 11.5. The molecule has 0 saturated heterocycles. The van der Waals surface area contributed by atoms with Crippen LogP contribution in [0.2, 0.25) is 0 Å². The number of Topliss-reactive ketones (excluding diaryl/α,β-unsaturated/α-hetero) is 2. The number of nitriles is 8. The highest BCUT2D eigenvalue weighted by atomic mass is 32.2. The van der Waals surface area contributed by atoms with Gasteiger partial charge in [-0.05, 0) is 80.1 Å². The molecule has 2 aliphatic carbocycles. The molecule has 0 atom stereocenters. The number of methoxy groups -OCH3 is 2. The summed E-state index contributed by atoms with van der Waals surface area (Å²) >= 11 is 7.57. The first-order valence-corrected chi connectivity index (χ1v) is 26.1. The standard InChI is InChI=1S/C55H22N12O4S5/c1-55(2)33-13-40(52-38(70-3)11-29(72-52)9-31-43(27(19-60)20-61)45-47(49(31)68)66-36-7-25(17-58)23(15-56)5-34(36)64-45)74-51(33)54-42(76-55)14-41(75-54)53-39(71-4)12-30(73-53)10-32-44(28(21-62)22-63)46-48(50(32)69)67-37-8-26(18-59)24(16-57)6-35(37)65-46/h5-14H,1-4H3/b31-9-,32-10-. The highest BCUT2D eigenvalue weighted by Gasteiger charge is 2.40. The maximum atomic E-state index is 14.2. The van der Waals surface area contributed by atoms with Crippen molar-refractivity contribution in [2.75, 3.05) is 14.2 Å². The fourth-order valence-corrected chi connectivity index (χ4v) is 15.6. The van der Waals surface area contributed by atoms with Gasteiger partial charge in [0.1, 0.15) is 94.0 Å². The number of nitrogens with zero attached hydrogens (tertiary/aromatic N) is 12. The van der Waals surface area contributed by atoms with E-state index in [9.17, 15) is 51.7 Å². The molecule has 6 aromatic heterocycles. The van der Waals surface area contributed by atoms with Crippen LogP contribution in [-0.4, -0.2) is 45.7 Å². The summed E-state index contributed by atoms with van der Waals surface area (Å²) in [6.45, 7) is 4.29. The Kier molecular flexibility index (Phi) is 11.6. The van der Waals surface area contributed by atoms with Crippen LogP contribution in [0.25, 0.3) is 74.6 Å². The van der Waals surface area contributed by atoms with Crippen molar-refractivity contribution in [1.82, 2.24) is 19.9 Å². The van der Waals surface area contributed by atoms with E-state index >= 15 is 0 Å². The average molecular weight is 1080 g/mol. The molecule has 2 aromatic carbocycles. The Labute approximate surface area is 450 Å². The zero-order valence-corrected chi connectivity index (χ0v) is 43.4. The summed E-state index contributed by atoms with van der Waals surface area (Å²) in [7, 11) is 3.09. The molecule has 0 amide bonds. The Morgan fingerprint density at radius 1 is 0.500 bits per heavy atom. The lowest BCUT2D eigenvalue weighted by Gasteiger charge is -2.29. The predicted octanol–water partition coefficient (Wildman–Crippen LogP) is 11.8. The minimum absolute atomic E-state index is 0.0107. The van der Waals surface area contributed by atoms with Gasteiger partial charge in [-0.3, -0.25) is 9.59 Å². The molecule has 0 fully saturated rings. The second kappa shape index (κ2) is 18.2. The maximum Gasteiger partial charge on any atom is 0.214 e. The summed E-state index contributed by atoms with van der Waals surface area (Å²) in [6.07, 6.45) is 3.18. The number of ether oxygens (including phenoxy) is 2. The molecule has 7 heterocycles. The fraction of sp³-hybridized carbons (Fsp3) is 0.0909. The number of carbonyl (C=O) groups is 2. The third kappa shape index (κ3) is 7.45. The van der Waals surface area contributed by atoms with E-state index in [4.69, 9.17) is 9.47 Å². The first-order chi connectivity index (χ1) is 36.7. The second-order valence-electron chi connectivity index (χ2n) is 17.1. The van der Waals surface area contributed by atoms with Crippen LogP contribution >= 0.6 is 57.1 Å². The van der Waals surface area contributed by atoms with Crippen molar-refractivity contribution in [3.8, 4) is 89.3 Å². The normalized spacial score (nSPS) is 14.6. The third-order valence-corrected chi connectivity index (χ3v) is 18.8. The number of fused-ring (bicyclic) bond motifs is 7. The van der Waals surface area contributed by atoms with Gasteiger partial charge in [0.15, 0.2) is 0 Å². The lowest BCUT2D eigenvalue weighted by molar-refractivity contribution is 0.103. The Morgan fingerprint density at radius 2 is 0.882 bits per heavy atom. The molecular formula is C55H22N12O4S5. The van der Waals surface area contributed by atoms with E-state index in [0.717, 1.165) is 39.7 Å². The van der Waals surface area contributed by atoms with Gasteiger partial charge < -0.3 is 9.47 Å². The molecule has 0 unspecified atom stereocenters. The number of allylic oxidation sites excluding steroid dienone is 6. The highest BCUT2D eigenvalue weighted by molar-refractivity contribution is 8.00. The zero-order valence-electron chi connectivity index (χ0n) is 39.3. The Balaban J connectivity index is 0.964. The SMILES string of the molecule is COc1cc(/C=C2\C(=O)c3nc4cc(C#N)c(C#N)cc4nc3C2=C(C#N)C#N)sc1-c1cc2c(s1)-c1sc(-c3sc(/C=C4\C(=O)c5nc6cc(C#N)c(C#N)cc6nc5C4=C(C#N)C#N)cc3OC)cc1C(C)(C)S2. The average Bonchev–Trinajstić information content (AvgIpc) is 4.32. The van der Waals surface area contributed by atoms with Crippen LogP contribution in [0, 0.1) is 90.6 Å². The molecule has 356 valence electrons. The zero-order chi connectivity index (χ0) is 53.5. The number of carbonyl (C=O) groups excluding carboxylic acids is 2. The van der Waals surface area contributed by atoms with E-state index in [-0.39, 0.29) is 101 Å². The van der Waals surface area contributed by atoms with Crippen molar-refractivity contribution in [2.24, 2.45) is 0 Å². The highest BCUT2D eigenvalue weighted by Crippen LogP contribution is 2.61. The van der Waals surface area contributed by atoms with Crippen LogP contribution in [0.3, 0.4) is 0 Å². The Bertz CT molecular complexity index is 4570. The van der Waals surface area contributed by atoms with Gasteiger partial charge >= 0.3 is 0 Å². The fourth-order valence-electron chi connectivity index (χ4n) is 9.06. The minimum atomic E-state index is -0.570. The van der Waals surface area contributed by atoms with Crippen LogP contribution in [-0.2, 0) is 4.75 Å². The number of thiophene rings is 4. The molecule has 0 saturated carbocycles. The summed E-state index contributed by atoms with van der Waals surface area (Å²) in [4.78, 5) is 54.2. The molecule has 1 aliphatic heterocycles. The molecule has 0 radical (unpaired) electrons. The van der Waals surface area contributed by atoms with Crippen LogP contribution in [0.4, 0.5) is 0 Å². The van der Waals surface area contributed by atoms with Gasteiger partial charge in [-0.15, -0.1) is 57.1 Å². The van der Waals surface area contributed by atoms with Gasteiger partial charge in [0, 0.05) is 51.4 Å². The molecule has 76 heavy (non-hydrogen) atoms. The molecule has 0 spiro atoms. The molecular weight excluding hydrogens is 1050 g/mol. The van der Waals surface area contributed by atoms with Crippen LogP contribution in [0.1, 0.15) is 83.8 Å². The number of thioether (sulfide) groups is 1. The van der Waals surface area contributed by atoms with Crippen molar-refractivity contribution in [3.05, 3.63) is 131 Å². The summed E-state index contributed by atoms with van der Waals surface area (Å²) in [6, 6.07) is 28.8. The van der Waals surface area contributed by atoms with E-state index in [1.54, 1.807) is 72.9 Å². The van der Waals surface area contributed by atoms with Crippen LogP contribution < -0.4 is 9.47 Å². The molecule has 8 aromatic rings. The van der Waals surface area contributed by atoms with Crippen molar-refractivity contribution in [2.45, 2.75) is 23.5 Å². The predicted molar refractivity (Wildman–Crippen MR) is 285 cm³/mol. The molecule has 21 heteroatoms. The number of hydrogen-bond acceptors (Lipinski definition) is 21. The van der Waals surface area contributed by atoms with Crippen molar-refractivity contribution < 1.29 is 19.1 Å². The summed E-state index contributed by atoms with van der Waals surface area (Å²) in [5, 5.41) is 78.8. The summed E-state index contributed by atoms with van der Waals surface area (Å²) in [5.74, 6) is -0.0816. The molecule has 11 rings (SSSR count). The summed E-state index contributed by atoms with van der Waals surface area (Å²) in [5.41, 5.74) is 1.39. The van der Waals surface area contributed by atoms with Crippen molar-refractivity contribution in [1.29, 1.82) is 42.1 Å². The number of aromatic nitrogens is 4. The van der Waals surface area contributed by atoms with Crippen molar-refractivity contribution >= 4 is 114 Å². The van der Waals surface area contributed by atoms with Gasteiger partial charge in [0.2, 0.25) is 11.6 Å².